The van der Waals surface area contributed by atoms with Gasteiger partial charge in [-0.15, -0.1) is 12.4 Å². The third-order valence-corrected chi connectivity index (χ3v) is 3.55. The van der Waals surface area contributed by atoms with E-state index in [0.29, 0.717) is 6.61 Å². The summed E-state index contributed by atoms with van der Waals surface area (Å²) in [7, 11) is 0. The van der Waals surface area contributed by atoms with Crippen molar-refractivity contribution in [3.63, 3.8) is 0 Å². The first kappa shape index (κ1) is 17.2. The van der Waals surface area contributed by atoms with Gasteiger partial charge in [0.25, 0.3) is 0 Å². The van der Waals surface area contributed by atoms with Crippen LogP contribution in [0.4, 0.5) is 0 Å². The normalized spacial score (nSPS) is 17.3. The molecule has 4 nitrogen and oxygen atoms in total. The number of hydrogen-bond donors (Lipinski definition) is 2. The van der Waals surface area contributed by atoms with Crippen LogP contribution in [0.1, 0.15) is 24.9 Å². The van der Waals surface area contributed by atoms with Crippen LogP contribution in [-0.4, -0.2) is 49.4 Å². The maximum Gasteiger partial charge on any atom is 0.119 e. The second-order valence-electron chi connectivity index (χ2n) is 4.82. The van der Waals surface area contributed by atoms with E-state index >= 15 is 0 Å². The molecule has 1 aromatic rings. The Morgan fingerprint density at radius 3 is 2.75 bits per heavy atom. The van der Waals surface area contributed by atoms with Crippen LogP contribution in [0.2, 0.25) is 0 Å². The largest absolute Gasteiger partial charge is 0.494 e. The van der Waals surface area contributed by atoms with E-state index in [4.69, 9.17) is 4.74 Å². The number of rotatable bonds is 6. The molecule has 0 unspecified atom stereocenters. The lowest BCUT2D eigenvalue weighted by molar-refractivity contribution is 0.141. The van der Waals surface area contributed by atoms with Crippen LogP contribution < -0.4 is 10.1 Å². The summed E-state index contributed by atoms with van der Waals surface area (Å²) in [5, 5.41) is 12.7. The minimum atomic E-state index is 0. The third kappa shape index (κ3) is 4.63. The second kappa shape index (κ2) is 9.19. The fraction of sp³-hybridized carbons (Fsp3) is 0.600. The summed E-state index contributed by atoms with van der Waals surface area (Å²) in [6, 6.07) is 8.54. The van der Waals surface area contributed by atoms with Crippen LogP contribution in [-0.2, 0) is 0 Å². The van der Waals surface area contributed by atoms with Gasteiger partial charge in [-0.1, -0.05) is 12.1 Å². The molecule has 0 saturated carbocycles. The second-order valence-corrected chi connectivity index (χ2v) is 4.82. The van der Waals surface area contributed by atoms with Crippen LogP contribution in [0, 0.1) is 0 Å². The van der Waals surface area contributed by atoms with Gasteiger partial charge < -0.3 is 15.2 Å². The van der Waals surface area contributed by atoms with Crippen molar-refractivity contribution in [2.24, 2.45) is 0 Å². The van der Waals surface area contributed by atoms with Gasteiger partial charge in [-0.3, -0.25) is 4.90 Å². The number of aliphatic hydroxyl groups excluding tert-OH is 1. The Morgan fingerprint density at radius 1 is 1.35 bits per heavy atom. The Morgan fingerprint density at radius 2 is 2.10 bits per heavy atom. The molecule has 0 radical (unpaired) electrons. The molecular formula is C15H25ClN2O2. The van der Waals surface area contributed by atoms with Gasteiger partial charge in [0.05, 0.1) is 6.61 Å². The molecule has 0 aromatic heterocycles. The predicted octanol–water partition coefficient (Wildman–Crippen LogP) is 1.84. The zero-order chi connectivity index (χ0) is 13.5. The lowest BCUT2D eigenvalue weighted by Gasteiger charge is -2.35. The van der Waals surface area contributed by atoms with Gasteiger partial charge in [-0.25, -0.2) is 0 Å². The van der Waals surface area contributed by atoms with Gasteiger partial charge in [0, 0.05) is 38.8 Å². The molecule has 1 aliphatic heterocycles. The number of hydrogen-bond acceptors (Lipinski definition) is 4. The minimum Gasteiger partial charge on any atom is -0.494 e. The Labute approximate surface area is 127 Å². The van der Waals surface area contributed by atoms with Crippen LogP contribution in [0.3, 0.4) is 0 Å². The maximum atomic E-state index is 9.33. The highest BCUT2D eigenvalue weighted by Crippen LogP contribution is 2.27. The van der Waals surface area contributed by atoms with Gasteiger partial charge in [-0.2, -0.15) is 0 Å². The molecule has 0 amide bonds. The zero-order valence-corrected chi connectivity index (χ0v) is 12.9. The SMILES string of the molecule is CCOc1cccc([C@H](CCO)N2CCNCC2)c1.Cl. The number of nitrogens with zero attached hydrogens (tertiary/aromatic N) is 1. The predicted molar refractivity (Wildman–Crippen MR) is 83.7 cm³/mol. The smallest absolute Gasteiger partial charge is 0.119 e. The summed E-state index contributed by atoms with van der Waals surface area (Å²) in [6.07, 6.45) is 0.773. The van der Waals surface area contributed by atoms with Gasteiger partial charge in [0.15, 0.2) is 0 Å². The van der Waals surface area contributed by atoms with E-state index in [2.05, 4.69) is 22.3 Å². The number of aliphatic hydroxyl groups is 1. The molecule has 0 aliphatic carbocycles. The monoisotopic (exact) mass is 300 g/mol. The number of nitrogens with one attached hydrogen (secondary N) is 1. The van der Waals surface area contributed by atoms with Crippen LogP contribution in [0.15, 0.2) is 24.3 Å². The summed E-state index contributed by atoms with van der Waals surface area (Å²) in [6.45, 7) is 7.00. The number of piperazine rings is 1. The highest BCUT2D eigenvalue weighted by molar-refractivity contribution is 5.85. The molecule has 114 valence electrons. The molecule has 2 rings (SSSR count). The quantitative estimate of drug-likeness (QED) is 0.841. The summed E-state index contributed by atoms with van der Waals surface area (Å²) in [5.41, 5.74) is 1.24. The van der Waals surface area contributed by atoms with Crippen molar-refractivity contribution in [3.05, 3.63) is 29.8 Å². The number of ether oxygens (including phenoxy) is 1. The molecule has 1 fully saturated rings. The summed E-state index contributed by atoms with van der Waals surface area (Å²) < 4.78 is 5.57. The molecule has 1 saturated heterocycles. The van der Waals surface area contributed by atoms with Crippen LogP contribution in [0.5, 0.6) is 5.75 Å². The van der Waals surface area contributed by atoms with E-state index in [-0.39, 0.29) is 25.1 Å². The molecule has 0 spiro atoms. The van der Waals surface area contributed by atoms with Crippen molar-refractivity contribution in [1.82, 2.24) is 10.2 Å². The number of benzene rings is 1. The van der Waals surface area contributed by atoms with Gasteiger partial charge >= 0.3 is 0 Å². The van der Waals surface area contributed by atoms with E-state index in [1.165, 1.54) is 5.56 Å². The summed E-state index contributed by atoms with van der Waals surface area (Å²) >= 11 is 0. The molecule has 1 atom stereocenters. The first-order valence-electron chi connectivity index (χ1n) is 7.13. The Bertz CT molecular complexity index is 384. The maximum absolute atomic E-state index is 9.33. The highest BCUT2D eigenvalue weighted by atomic mass is 35.5. The molecule has 2 N–H and O–H groups in total. The van der Waals surface area contributed by atoms with E-state index in [1.807, 2.05) is 19.1 Å². The molecule has 20 heavy (non-hydrogen) atoms. The Balaban J connectivity index is 0.00000200. The zero-order valence-electron chi connectivity index (χ0n) is 12.0. The standard InChI is InChI=1S/C15H24N2O2.ClH/c1-2-19-14-5-3-4-13(12-14)15(6-11-18)17-9-7-16-8-10-17;/h3-5,12,15-16,18H,2,6-11H2,1H3;1H/t15-;/m0./s1. The third-order valence-electron chi connectivity index (χ3n) is 3.55. The van der Waals surface area contributed by atoms with Crippen molar-refractivity contribution in [1.29, 1.82) is 0 Å². The topological polar surface area (TPSA) is 44.7 Å². The van der Waals surface area contributed by atoms with Crippen molar-refractivity contribution in [2.45, 2.75) is 19.4 Å². The lowest BCUT2D eigenvalue weighted by Crippen LogP contribution is -2.45. The van der Waals surface area contributed by atoms with Gasteiger partial charge in [-0.05, 0) is 31.0 Å². The van der Waals surface area contributed by atoms with Crippen LogP contribution in [0.25, 0.3) is 0 Å². The minimum absolute atomic E-state index is 0. The Kier molecular flexibility index (Phi) is 7.92. The van der Waals surface area contributed by atoms with Gasteiger partial charge in [0.2, 0.25) is 0 Å². The van der Waals surface area contributed by atoms with E-state index in [0.717, 1.165) is 38.3 Å². The van der Waals surface area contributed by atoms with Crippen molar-refractivity contribution in [3.8, 4) is 5.75 Å². The average molecular weight is 301 g/mol. The number of halogens is 1. The Hall–Kier alpha value is -0.810. The van der Waals surface area contributed by atoms with E-state index in [9.17, 15) is 5.11 Å². The first-order valence-corrected chi connectivity index (χ1v) is 7.13. The molecule has 1 aliphatic rings. The molecule has 0 bridgehead atoms. The molecule has 5 heteroatoms. The molecule has 1 aromatic carbocycles. The highest BCUT2D eigenvalue weighted by Gasteiger charge is 2.21. The van der Waals surface area contributed by atoms with E-state index < -0.39 is 0 Å². The lowest BCUT2D eigenvalue weighted by atomic mass is 10.0. The first-order chi connectivity index (χ1) is 9.35. The fourth-order valence-electron chi connectivity index (χ4n) is 2.65. The van der Waals surface area contributed by atoms with E-state index in [1.54, 1.807) is 0 Å². The molecule has 1 heterocycles. The van der Waals surface area contributed by atoms with Crippen molar-refractivity contribution < 1.29 is 9.84 Å². The van der Waals surface area contributed by atoms with Gasteiger partial charge in [0.1, 0.15) is 5.75 Å². The molecular weight excluding hydrogens is 276 g/mol. The summed E-state index contributed by atoms with van der Waals surface area (Å²) in [4.78, 5) is 2.44. The van der Waals surface area contributed by atoms with Crippen molar-refractivity contribution >= 4 is 12.4 Å². The summed E-state index contributed by atoms with van der Waals surface area (Å²) in [5.74, 6) is 0.915. The average Bonchev–Trinajstić information content (AvgIpc) is 2.46. The van der Waals surface area contributed by atoms with Crippen LogP contribution >= 0.6 is 12.4 Å². The fourth-order valence-corrected chi connectivity index (χ4v) is 2.65. The van der Waals surface area contributed by atoms with Crippen molar-refractivity contribution in [2.75, 3.05) is 39.4 Å².